The topological polar surface area (TPSA) is 76.7 Å². The van der Waals surface area contributed by atoms with Crippen molar-refractivity contribution in [1.82, 2.24) is 10.9 Å². The first-order valence-corrected chi connectivity index (χ1v) is 9.51. The number of methoxy groups -OCH3 is 2. The van der Waals surface area contributed by atoms with E-state index in [0.717, 1.165) is 9.21 Å². The Kier molecular flexibility index (Phi) is 7.42. The van der Waals surface area contributed by atoms with E-state index in [0.29, 0.717) is 22.8 Å². The Hall–Kier alpha value is -1.90. The third-order valence-electron chi connectivity index (χ3n) is 3.04. The third kappa shape index (κ3) is 6.15. The fourth-order valence-electron chi connectivity index (χ4n) is 1.85. The lowest BCUT2D eigenvalue weighted by Crippen LogP contribution is -2.42. The lowest BCUT2D eigenvalue weighted by Gasteiger charge is -2.10. The molecule has 0 saturated carbocycles. The van der Waals surface area contributed by atoms with Gasteiger partial charge in [-0.05, 0) is 24.3 Å². The highest BCUT2D eigenvalue weighted by Gasteiger charge is 2.11. The Morgan fingerprint density at radius 3 is 2.36 bits per heavy atom. The summed E-state index contributed by atoms with van der Waals surface area (Å²) in [6.45, 7) is 0. The smallest absolute Gasteiger partial charge is 0.269 e. The van der Waals surface area contributed by atoms with E-state index in [9.17, 15) is 9.59 Å². The molecule has 0 aliphatic carbocycles. The summed E-state index contributed by atoms with van der Waals surface area (Å²) in [5, 5.41) is 0. The maximum Gasteiger partial charge on any atom is 0.269 e. The first-order valence-electron chi connectivity index (χ1n) is 7.16. The molecule has 0 unspecified atom stereocenters. The lowest BCUT2D eigenvalue weighted by molar-refractivity contribution is -0.119. The average molecular weight is 401 g/mol. The van der Waals surface area contributed by atoms with Gasteiger partial charge in [0.1, 0.15) is 11.5 Å². The zero-order valence-corrected chi connectivity index (χ0v) is 16.0. The maximum absolute atomic E-state index is 12.1. The van der Waals surface area contributed by atoms with Gasteiger partial charge in [-0.3, -0.25) is 20.4 Å². The van der Waals surface area contributed by atoms with Crippen molar-refractivity contribution in [2.75, 3.05) is 20.0 Å². The van der Waals surface area contributed by atoms with Crippen LogP contribution in [0.1, 0.15) is 15.2 Å². The molecule has 2 N–H and O–H groups in total. The minimum absolute atomic E-state index is 0.219. The van der Waals surface area contributed by atoms with Crippen molar-refractivity contribution in [3.05, 3.63) is 45.1 Å². The molecule has 0 atom stereocenters. The molecule has 6 nitrogen and oxygen atoms in total. The van der Waals surface area contributed by atoms with Crippen LogP contribution in [0.4, 0.5) is 0 Å². The van der Waals surface area contributed by atoms with Crippen LogP contribution in [0.25, 0.3) is 0 Å². The van der Waals surface area contributed by atoms with Gasteiger partial charge in [0.25, 0.3) is 5.91 Å². The Balaban J connectivity index is 1.79. The second-order valence-electron chi connectivity index (χ2n) is 4.80. The van der Waals surface area contributed by atoms with Crippen LogP contribution in [-0.2, 0) is 10.5 Å². The molecule has 0 saturated heterocycles. The largest absolute Gasteiger partial charge is 0.497 e. The van der Waals surface area contributed by atoms with E-state index >= 15 is 0 Å². The molecule has 2 rings (SSSR count). The number of hydrogen-bond donors (Lipinski definition) is 2. The first-order chi connectivity index (χ1) is 12.0. The summed E-state index contributed by atoms with van der Waals surface area (Å²) < 4.78 is 10.9. The molecule has 0 aliphatic heterocycles. The number of ether oxygens (including phenoxy) is 2. The van der Waals surface area contributed by atoms with Crippen LogP contribution >= 0.6 is 34.7 Å². The minimum atomic E-state index is -0.458. The number of rotatable bonds is 7. The van der Waals surface area contributed by atoms with E-state index in [2.05, 4.69) is 10.9 Å². The highest BCUT2D eigenvalue weighted by Crippen LogP contribution is 2.25. The quantitative estimate of drug-likeness (QED) is 0.698. The number of carbonyl (C=O) groups excluding carboxylic acids is 2. The van der Waals surface area contributed by atoms with Gasteiger partial charge >= 0.3 is 0 Å². The standard InChI is InChI=1S/C16H17ClN2O4S2/c1-22-11-5-10(6-12(7-11)23-2)16(21)19-18-15(20)9-24-8-13-3-4-14(17)25-13/h3-7H,8-9H2,1-2H3,(H,18,20)(H,19,21). The van der Waals surface area contributed by atoms with Crippen molar-refractivity contribution in [3.8, 4) is 11.5 Å². The molecular weight excluding hydrogens is 384 g/mol. The van der Waals surface area contributed by atoms with Crippen LogP contribution in [0, 0.1) is 0 Å². The number of hydrogen-bond acceptors (Lipinski definition) is 6. The lowest BCUT2D eigenvalue weighted by atomic mass is 10.2. The molecular formula is C16H17ClN2O4S2. The molecule has 1 aromatic carbocycles. The van der Waals surface area contributed by atoms with Gasteiger partial charge < -0.3 is 9.47 Å². The second kappa shape index (κ2) is 9.55. The second-order valence-corrected chi connectivity index (χ2v) is 7.59. The number of halogens is 1. The van der Waals surface area contributed by atoms with Crippen molar-refractivity contribution in [2.45, 2.75) is 5.75 Å². The van der Waals surface area contributed by atoms with Gasteiger partial charge in [0.2, 0.25) is 5.91 Å². The Labute approximate surface area is 158 Å². The Morgan fingerprint density at radius 2 is 1.80 bits per heavy atom. The summed E-state index contributed by atoms with van der Waals surface area (Å²) >= 11 is 8.77. The molecule has 25 heavy (non-hydrogen) atoms. The monoisotopic (exact) mass is 400 g/mol. The molecule has 0 aliphatic rings. The van der Waals surface area contributed by atoms with Crippen LogP contribution < -0.4 is 20.3 Å². The Morgan fingerprint density at radius 1 is 1.12 bits per heavy atom. The molecule has 2 amide bonds. The summed E-state index contributed by atoms with van der Waals surface area (Å²) in [7, 11) is 2.99. The Bertz CT molecular complexity index is 729. The van der Waals surface area contributed by atoms with Crippen molar-refractivity contribution in [3.63, 3.8) is 0 Å². The SMILES string of the molecule is COc1cc(OC)cc(C(=O)NNC(=O)CSCc2ccc(Cl)s2)c1. The molecule has 0 spiro atoms. The number of nitrogens with one attached hydrogen (secondary N) is 2. The van der Waals surface area contributed by atoms with E-state index in [1.807, 2.05) is 12.1 Å². The molecule has 1 heterocycles. The third-order valence-corrected chi connectivity index (χ3v) is 5.43. The van der Waals surface area contributed by atoms with Gasteiger partial charge in [0, 0.05) is 22.3 Å². The fraction of sp³-hybridized carbons (Fsp3) is 0.250. The molecule has 0 fully saturated rings. The number of hydrazine groups is 1. The summed E-state index contributed by atoms with van der Waals surface area (Å²) in [5.41, 5.74) is 5.07. The molecule has 9 heteroatoms. The normalized spacial score (nSPS) is 10.2. The van der Waals surface area contributed by atoms with E-state index in [1.54, 1.807) is 18.2 Å². The van der Waals surface area contributed by atoms with Crippen molar-refractivity contribution in [1.29, 1.82) is 0 Å². The maximum atomic E-state index is 12.1. The van der Waals surface area contributed by atoms with E-state index < -0.39 is 5.91 Å². The number of amides is 2. The number of benzene rings is 1. The summed E-state index contributed by atoms with van der Waals surface area (Å²) in [4.78, 5) is 25.0. The van der Waals surface area contributed by atoms with Gasteiger partial charge in [-0.15, -0.1) is 23.1 Å². The summed E-state index contributed by atoms with van der Waals surface area (Å²) in [5.74, 6) is 1.13. The predicted molar refractivity (Wildman–Crippen MR) is 101 cm³/mol. The van der Waals surface area contributed by atoms with Crippen molar-refractivity contribution >= 4 is 46.5 Å². The molecule has 134 valence electrons. The van der Waals surface area contributed by atoms with Gasteiger partial charge in [-0.1, -0.05) is 11.6 Å². The molecule has 0 radical (unpaired) electrons. The molecule has 2 aromatic rings. The highest BCUT2D eigenvalue weighted by molar-refractivity contribution is 7.99. The zero-order chi connectivity index (χ0) is 18.2. The zero-order valence-electron chi connectivity index (χ0n) is 13.6. The van der Waals surface area contributed by atoms with Crippen LogP contribution in [-0.4, -0.2) is 31.8 Å². The van der Waals surface area contributed by atoms with Crippen LogP contribution in [0.2, 0.25) is 4.34 Å². The van der Waals surface area contributed by atoms with Crippen LogP contribution in [0.3, 0.4) is 0 Å². The van der Waals surface area contributed by atoms with Gasteiger partial charge in [-0.2, -0.15) is 0 Å². The highest BCUT2D eigenvalue weighted by atomic mass is 35.5. The summed E-state index contributed by atoms with van der Waals surface area (Å²) in [6, 6.07) is 8.52. The van der Waals surface area contributed by atoms with Crippen molar-refractivity contribution < 1.29 is 19.1 Å². The molecule has 0 bridgehead atoms. The van der Waals surface area contributed by atoms with Gasteiger partial charge in [0.15, 0.2) is 0 Å². The van der Waals surface area contributed by atoms with E-state index in [1.165, 1.54) is 37.3 Å². The minimum Gasteiger partial charge on any atom is -0.497 e. The van der Waals surface area contributed by atoms with E-state index in [-0.39, 0.29) is 11.7 Å². The van der Waals surface area contributed by atoms with Crippen molar-refractivity contribution in [2.24, 2.45) is 0 Å². The number of thiophene rings is 1. The fourth-order valence-corrected chi connectivity index (χ4v) is 3.87. The average Bonchev–Trinajstić information content (AvgIpc) is 3.04. The molecule has 1 aromatic heterocycles. The van der Waals surface area contributed by atoms with Gasteiger partial charge in [-0.25, -0.2) is 0 Å². The van der Waals surface area contributed by atoms with Crippen LogP contribution in [0.15, 0.2) is 30.3 Å². The van der Waals surface area contributed by atoms with Gasteiger partial charge in [0.05, 0.1) is 24.3 Å². The predicted octanol–water partition coefficient (Wildman–Crippen LogP) is 3.11. The number of carbonyl (C=O) groups is 2. The first kappa shape index (κ1) is 19.4. The summed E-state index contributed by atoms with van der Waals surface area (Å²) in [6.07, 6.45) is 0. The van der Waals surface area contributed by atoms with Crippen LogP contribution in [0.5, 0.6) is 11.5 Å². The number of thioether (sulfide) groups is 1. The van der Waals surface area contributed by atoms with E-state index in [4.69, 9.17) is 21.1 Å².